The molecule has 0 saturated heterocycles. The lowest BCUT2D eigenvalue weighted by Crippen LogP contribution is -2.32. The fourth-order valence-corrected chi connectivity index (χ4v) is 1.50. The van der Waals surface area contributed by atoms with Gasteiger partial charge in [0.05, 0.1) is 19.9 Å². The van der Waals surface area contributed by atoms with E-state index in [0.29, 0.717) is 6.54 Å². The number of hydrazine groups is 1. The summed E-state index contributed by atoms with van der Waals surface area (Å²) in [4.78, 5) is 7.54. The van der Waals surface area contributed by atoms with Crippen LogP contribution in [0.1, 0.15) is 5.56 Å². The van der Waals surface area contributed by atoms with Gasteiger partial charge in [0, 0.05) is 0 Å². The Kier molecular flexibility index (Phi) is 3.69. The Morgan fingerprint density at radius 2 is 2.06 bits per heavy atom. The van der Waals surface area contributed by atoms with Crippen LogP contribution in [0.4, 0.5) is 10.2 Å². The Morgan fingerprint density at radius 1 is 1.33 bits per heavy atom. The van der Waals surface area contributed by atoms with Crippen LogP contribution in [0.2, 0.25) is 0 Å². The van der Waals surface area contributed by atoms with Gasteiger partial charge in [-0.1, -0.05) is 30.3 Å². The molecule has 1 aromatic carbocycles. The number of halogens is 1. The molecule has 0 aliphatic heterocycles. The molecule has 2 aromatic rings. The zero-order valence-corrected chi connectivity index (χ0v) is 9.88. The number of benzene rings is 1. The third-order valence-electron chi connectivity index (χ3n) is 2.35. The molecule has 0 unspecified atom stereocenters. The zero-order chi connectivity index (χ0) is 13.0. The van der Waals surface area contributed by atoms with Gasteiger partial charge in [-0.05, 0) is 5.56 Å². The summed E-state index contributed by atoms with van der Waals surface area (Å²) >= 11 is 0. The van der Waals surface area contributed by atoms with E-state index in [1.807, 2.05) is 30.3 Å². The van der Waals surface area contributed by atoms with Gasteiger partial charge in [0.15, 0.2) is 11.6 Å². The normalized spacial score (nSPS) is 10.2. The molecule has 94 valence electrons. The molecule has 0 aliphatic carbocycles. The molecule has 0 spiro atoms. The van der Waals surface area contributed by atoms with Crippen molar-refractivity contribution in [3.63, 3.8) is 0 Å². The first-order valence-electron chi connectivity index (χ1n) is 5.33. The molecule has 6 heteroatoms. The van der Waals surface area contributed by atoms with Crippen molar-refractivity contribution in [2.75, 3.05) is 12.1 Å². The summed E-state index contributed by atoms with van der Waals surface area (Å²) < 4.78 is 18.4. The minimum absolute atomic E-state index is 0.00528. The predicted octanol–water partition coefficient (Wildman–Crippen LogP) is 1.50. The van der Waals surface area contributed by atoms with E-state index in [2.05, 4.69) is 9.97 Å². The Labute approximate surface area is 104 Å². The average molecular weight is 248 g/mol. The van der Waals surface area contributed by atoms with Crippen molar-refractivity contribution >= 4 is 5.82 Å². The van der Waals surface area contributed by atoms with Gasteiger partial charge in [-0.15, -0.1) is 0 Å². The standard InChI is InChI=1S/C12H13FN4O/c1-18-12-15-7-10(13)11(16-12)17(14)8-9-5-3-2-4-6-9/h2-7H,8,14H2,1H3. The van der Waals surface area contributed by atoms with Gasteiger partial charge >= 0.3 is 6.01 Å². The highest BCUT2D eigenvalue weighted by Crippen LogP contribution is 2.17. The second-order valence-electron chi connectivity index (χ2n) is 3.64. The van der Waals surface area contributed by atoms with E-state index in [0.717, 1.165) is 11.8 Å². The first kappa shape index (κ1) is 12.3. The fraction of sp³-hybridized carbons (Fsp3) is 0.167. The smallest absolute Gasteiger partial charge is 0.318 e. The number of aromatic nitrogens is 2. The van der Waals surface area contributed by atoms with Crippen molar-refractivity contribution < 1.29 is 9.13 Å². The Hall–Kier alpha value is -2.21. The number of nitrogens with two attached hydrogens (primary N) is 1. The summed E-state index contributed by atoms with van der Waals surface area (Å²) in [5, 5.41) is 1.22. The molecule has 1 aromatic heterocycles. The summed E-state index contributed by atoms with van der Waals surface area (Å²) in [5.41, 5.74) is 0.956. The maximum Gasteiger partial charge on any atom is 0.318 e. The van der Waals surface area contributed by atoms with Gasteiger partial charge in [0.2, 0.25) is 0 Å². The lowest BCUT2D eigenvalue weighted by atomic mass is 10.2. The Bertz CT molecular complexity index is 521. The third kappa shape index (κ3) is 2.72. The molecule has 18 heavy (non-hydrogen) atoms. The lowest BCUT2D eigenvalue weighted by molar-refractivity contribution is 0.376. The van der Waals surface area contributed by atoms with Crippen LogP contribution in [0.25, 0.3) is 0 Å². The number of anilines is 1. The number of hydrogen-bond acceptors (Lipinski definition) is 5. The molecule has 2 rings (SSSR count). The quantitative estimate of drug-likeness (QED) is 0.656. The second kappa shape index (κ2) is 5.42. The number of rotatable bonds is 4. The van der Waals surface area contributed by atoms with Crippen molar-refractivity contribution in [3.8, 4) is 6.01 Å². The van der Waals surface area contributed by atoms with E-state index in [1.165, 1.54) is 12.1 Å². The maximum absolute atomic E-state index is 13.6. The third-order valence-corrected chi connectivity index (χ3v) is 2.35. The second-order valence-corrected chi connectivity index (χ2v) is 3.64. The molecule has 0 radical (unpaired) electrons. The van der Waals surface area contributed by atoms with Crippen LogP contribution in [0.15, 0.2) is 36.5 Å². The van der Waals surface area contributed by atoms with Crippen molar-refractivity contribution in [3.05, 3.63) is 47.9 Å². The minimum atomic E-state index is -0.589. The molecule has 0 saturated carbocycles. The van der Waals surface area contributed by atoms with Gasteiger partial charge < -0.3 is 4.74 Å². The zero-order valence-electron chi connectivity index (χ0n) is 9.88. The first-order chi connectivity index (χ1) is 8.70. The van der Waals surface area contributed by atoms with E-state index < -0.39 is 5.82 Å². The van der Waals surface area contributed by atoms with Gasteiger partial charge in [-0.2, -0.15) is 4.98 Å². The van der Waals surface area contributed by atoms with Gasteiger partial charge in [0.25, 0.3) is 0 Å². The van der Waals surface area contributed by atoms with Crippen LogP contribution < -0.4 is 15.6 Å². The first-order valence-corrected chi connectivity index (χ1v) is 5.33. The molecule has 0 atom stereocenters. The van der Waals surface area contributed by atoms with Crippen LogP contribution >= 0.6 is 0 Å². The van der Waals surface area contributed by atoms with E-state index in [9.17, 15) is 4.39 Å². The van der Waals surface area contributed by atoms with Crippen LogP contribution in [-0.2, 0) is 6.54 Å². The molecule has 0 aliphatic rings. The molecule has 0 amide bonds. The molecular formula is C12H13FN4O. The fourth-order valence-electron chi connectivity index (χ4n) is 1.50. The monoisotopic (exact) mass is 248 g/mol. The van der Waals surface area contributed by atoms with E-state index in [-0.39, 0.29) is 11.8 Å². The molecule has 2 N–H and O–H groups in total. The number of methoxy groups -OCH3 is 1. The van der Waals surface area contributed by atoms with Crippen molar-refractivity contribution in [2.24, 2.45) is 5.84 Å². The Balaban J connectivity index is 2.20. The highest BCUT2D eigenvalue weighted by molar-refractivity contribution is 5.39. The van der Waals surface area contributed by atoms with Crippen LogP contribution in [0, 0.1) is 5.82 Å². The van der Waals surface area contributed by atoms with Crippen molar-refractivity contribution in [2.45, 2.75) is 6.54 Å². The van der Waals surface area contributed by atoms with Crippen LogP contribution in [0.5, 0.6) is 6.01 Å². The lowest BCUT2D eigenvalue weighted by Gasteiger charge is -2.18. The van der Waals surface area contributed by atoms with Crippen LogP contribution in [0.3, 0.4) is 0 Å². The molecule has 1 heterocycles. The largest absolute Gasteiger partial charge is 0.467 e. The summed E-state index contributed by atoms with van der Waals surface area (Å²) in [6.45, 7) is 0.345. The average Bonchev–Trinajstić information content (AvgIpc) is 2.40. The van der Waals surface area contributed by atoms with E-state index in [4.69, 9.17) is 10.6 Å². The van der Waals surface area contributed by atoms with E-state index in [1.54, 1.807) is 0 Å². The maximum atomic E-state index is 13.6. The molecule has 0 fully saturated rings. The molecule has 0 bridgehead atoms. The molecular weight excluding hydrogens is 235 g/mol. The molecule has 5 nitrogen and oxygen atoms in total. The Morgan fingerprint density at radius 3 is 2.72 bits per heavy atom. The number of ether oxygens (including phenoxy) is 1. The number of nitrogens with zero attached hydrogens (tertiary/aromatic N) is 3. The van der Waals surface area contributed by atoms with E-state index >= 15 is 0 Å². The predicted molar refractivity (Wildman–Crippen MR) is 65.4 cm³/mol. The summed E-state index contributed by atoms with van der Waals surface area (Å²) in [7, 11) is 1.41. The van der Waals surface area contributed by atoms with Crippen molar-refractivity contribution in [1.29, 1.82) is 0 Å². The van der Waals surface area contributed by atoms with Crippen molar-refractivity contribution in [1.82, 2.24) is 9.97 Å². The summed E-state index contributed by atoms with van der Waals surface area (Å²) in [6, 6.07) is 9.56. The highest BCUT2D eigenvalue weighted by atomic mass is 19.1. The topological polar surface area (TPSA) is 64.3 Å². The SMILES string of the molecule is COc1ncc(F)c(N(N)Cc2ccccc2)n1. The van der Waals surface area contributed by atoms with Gasteiger partial charge in [-0.3, -0.25) is 5.01 Å². The number of hydrogen-bond donors (Lipinski definition) is 1. The summed E-state index contributed by atoms with van der Waals surface area (Å²) in [6.07, 6.45) is 1.03. The highest BCUT2D eigenvalue weighted by Gasteiger charge is 2.12. The minimum Gasteiger partial charge on any atom is -0.467 e. The van der Waals surface area contributed by atoms with Crippen LogP contribution in [-0.4, -0.2) is 17.1 Å². The van der Waals surface area contributed by atoms with Gasteiger partial charge in [0.1, 0.15) is 0 Å². The summed E-state index contributed by atoms with van der Waals surface area (Å²) in [5.74, 6) is 5.22. The van der Waals surface area contributed by atoms with Gasteiger partial charge in [-0.25, -0.2) is 15.2 Å².